The van der Waals surface area contributed by atoms with Crippen LogP contribution in [0, 0.1) is 11.7 Å². The number of aryl methyl sites for hydroxylation is 2. The van der Waals surface area contributed by atoms with Gasteiger partial charge in [0.15, 0.2) is 0 Å². The van der Waals surface area contributed by atoms with Crippen molar-refractivity contribution in [2.45, 2.75) is 49.8 Å². The fourth-order valence-corrected chi connectivity index (χ4v) is 5.66. The molecule has 1 amide bonds. The molecule has 1 aliphatic heterocycles. The molecule has 0 bridgehead atoms. The van der Waals surface area contributed by atoms with Crippen LogP contribution < -0.4 is 4.72 Å². The van der Waals surface area contributed by atoms with Gasteiger partial charge in [-0.05, 0) is 98.4 Å². The third kappa shape index (κ3) is 5.33. The Morgan fingerprint density at radius 1 is 1.00 bits per heavy atom. The summed E-state index contributed by atoms with van der Waals surface area (Å²) in [4.78, 5) is 14.7. The summed E-state index contributed by atoms with van der Waals surface area (Å²) in [7, 11) is -3.50. The number of carbonyl (C=O) groups excluding carboxylic acids is 1. The van der Waals surface area contributed by atoms with Gasteiger partial charge in [-0.15, -0.1) is 0 Å². The second kappa shape index (κ2) is 9.49. The zero-order chi connectivity index (χ0) is 21.8. The van der Waals surface area contributed by atoms with E-state index in [0.29, 0.717) is 36.0 Å². The first-order valence-corrected chi connectivity index (χ1v) is 12.6. The summed E-state index contributed by atoms with van der Waals surface area (Å²) in [5.41, 5.74) is 2.93. The van der Waals surface area contributed by atoms with Crippen LogP contribution >= 0.6 is 0 Å². The molecule has 2 aromatic carbocycles. The number of nitrogens with one attached hydrogen (secondary N) is 1. The molecule has 31 heavy (non-hydrogen) atoms. The summed E-state index contributed by atoms with van der Waals surface area (Å²) in [6.45, 7) is 1.67. The number of halogens is 1. The molecule has 4 rings (SSSR count). The molecule has 0 spiro atoms. The SMILES string of the molecule is O=C(c1ccc(F)cc1)N1CCC(CCNS(=O)(=O)c2ccc3c(c2)CCCC3)CC1. The Morgan fingerprint density at radius 2 is 1.68 bits per heavy atom. The maximum atomic E-state index is 13.1. The fraction of sp³-hybridized carbons (Fsp3) is 0.458. The number of hydrogen-bond acceptors (Lipinski definition) is 3. The fourth-order valence-electron chi connectivity index (χ4n) is 4.56. The predicted octanol–water partition coefficient (Wildman–Crippen LogP) is 3.93. The van der Waals surface area contributed by atoms with Crippen LogP contribution in [0.2, 0.25) is 0 Å². The molecule has 0 atom stereocenters. The summed E-state index contributed by atoms with van der Waals surface area (Å²) >= 11 is 0. The number of hydrogen-bond donors (Lipinski definition) is 1. The molecule has 1 aliphatic carbocycles. The van der Waals surface area contributed by atoms with Gasteiger partial charge in [-0.3, -0.25) is 4.79 Å². The third-order valence-corrected chi connectivity index (χ3v) is 7.93. The molecule has 0 saturated carbocycles. The number of piperidine rings is 1. The van der Waals surface area contributed by atoms with E-state index < -0.39 is 10.0 Å². The van der Waals surface area contributed by atoms with Gasteiger partial charge in [0.05, 0.1) is 4.90 Å². The first kappa shape index (κ1) is 22.0. The lowest BCUT2D eigenvalue weighted by Crippen LogP contribution is -2.39. The molecule has 0 radical (unpaired) electrons. The van der Waals surface area contributed by atoms with Gasteiger partial charge < -0.3 is 4.90 Å². The van der Waals surface area contributed by atoms with Crippen LogP contribution in [0.5, 0.6) is 0 Å². The highest BCUT2D eigenvalue weighted by molar-refractivity contribution is 7.89. The monoisotopic (exact) mass is 444 g/mol. The molecule has 2 aliphatic rings. The van der Waals surface area contributed by atoms with Gasteiger partial charge in [0, 0.05) is 25.2 Å². The van der Waals surface area contributed by atoms with Crippen molar-refractivity contribution in [3.05, 3.63) is 65.0 Å². The molecular weight excluding hydrogens is 415 g/mol. The van der Waals surface area contributed by atoms with Crippen LogP contribution in [0.25, 0.3) is 0 Å². The number of amides is 1. The highest BCUT2D eigenvalue weighted by Crippen LogP contribution is 2.25. The van der Waals surface area contributed by atoms with E-state index in [9.17, 15) is 17.6 Å². The van der Waals surface area contributed by atoms with E-state index >= 15 is 0 Å². The number of fused-ring (bicyclic) bond motifs is 1. The van der Waals surface area contributed by atoms with E-state index in [1.54, 1.807) is 11.0 Å². The van der Waals surface area contributed by atoms with Crippen molar-refractivity contribution in [1.82, 2.24) is 9.62 Å². The lowest BCUT2D eigenvalue weighted by Gasteiger charge is -2.32. The molecule has 7 heteroatoms. The third-order valence-electron chi connectivity index (χ3n) is 6.47. The molecule has 2 aromatic rings. The number of sulfonamides is 1. The van der Waals surface area contributed by atoms with Crippen molar-refractivity contribution in [2.75, 3.05) is 19.6 Å². The van der Waals surface area contributed by atoms with E-state index in [4.69, 9.17) is 0 Å². The van der Waals surface area contributed by atoms with Gasteiger partial charge in [-0.25, -0.2) is 17.5 Å². The minimum absolute atomic E-state index is 0.0773. The van der Waals surface area contributed by atoms with E-state index in [1.807, 2.05) is 12.1 Å². The Kier molecular flexibility index (Phi) is 6.72. The lowest BCUT2D eigenvalue weighted by atomic mass is 9.92. The summed E-state index contributed by atoms with van der Waals surface area (Å²) in [6.07, 6.45) is 6.71. The largest absolute Gasteiger partial charge is 0.339 e. The van der Waals surface area contributed by atoms with Gasteiger partial charge in [-0.1, -0.05) is 6.07 Å². The zero-order valence-electron chi connectivity index (χ0n) is 17.6. The van der Waals surface area contributed by atoms with Gasteiger partial charge in [0.25, 0.3) is 5.91 Å². The predicted molar refractivity (Wildman–Crippen MR) is 118 cm³/mol. The van der Waals surface area contributed by atoms with E-state index in [-0.39, 0.29) is 11.7 Å². The van der Waals surface area contributed by atoms with Gasteiger partial charge >= 0.3 is 0 Å². The summed E-state index contributed by atoms with van der Waals surface area (Å²) in [5, 5.41) is 0. The molecule has 166 valence electrons. The van der Waals surface area contributed by atoms with E-state index in [0.717, 1.165) is 44.1 Å². The summed E-state index contributed by atoms with van der Waals surface area (Å²) in [5.74, 6) is -0.0526. The Hall–Kier alpha value is -2.25. The minimum Gasteiger partial charge on any atom is -0.339 e. The second-order valence-corrected chi connectivity index (χ2v) is 10.3. The van der Waals surface area contributed by atoms with Crippen molar-refractivity contribution >= 4 is 15.9 Å². The van der Waals surface area contributed by atoms with Crippen LogP contribution in [0.1, 0.15) is 53.6 Å². The highest BCUT2D eigenvalue weighted by Gasteiger charge is 2.24. The van der Waals surface area contributed by atoms with Crippen LogP contribution in [-0.2, 0) is 22.9 Å². The smallest absolute Gasteiger partial charge is 0.253 e. The quantitative estimate of drug-likeness (QED) is 0.734. The molecule has 0 aromatic heterocycles. The maximum Gasteiger partial charge on any atom is 0.253 e. The summed E-state index contributed by atoms with van der Waals surface area (Å²) < 4.78 is 41.2. The Labute approximate surface area is 183 Å². The van der Waals surface area contributed by atoms with Crippen LogP contribution in [-0.4, -0.2) is 38.9 Å². The molecule has 1 heterocycles. The van der Waals surface area contributed by atoms with Gasteiger partial charge in [0.1, 0.15) is 5.82 Å². The number of nitrogens with zero attached hydrogens (tertiary/aromatic N) is 1. The first-order valence-electron chi connectivity index (χ1n) is 11.1. The van der Waals surface area contributed by atoms with Crippen LogP contribution in [0.15, 0.2) is 47.4 Å². The second-order valence-electron chi connectivity index (χ2n) is 8.57. The maximum absolute atomic E-state index is 13.1. The standard InChI is InChI=1S/C24H29FN2O3S/c25-22-8-5-20(6-9-22)24(28)27-15-12-18(13-16-27)11-14-26-31(29,30)23-10-7-19-3-1-2-4-21(19)17-23/h5-10,17-18,26H,1-4,11-16H2. The number of carbonyl (C=O) groups is 1. The summed E-state index contributed by atoms with van der Waals surface area (Å²) in [6, 6.07) is 11.1. The van der Waals surface area contributed by atoms with Crippen molar-refractivity contribution < 1.29 is 17.6 Å². The van der Waals surface area contributed by atoms with Crippen molar-refractivity contribution in [2.24, 2.45) is 5.92 Å². The van der Waals surface area contributed by atoms with E-state index in [1.165, 1.54) is 36.2 Å². The normalized spacial score (nSPS) is 17.4. The van der Waals surface area contributed by atoms with Crippen LogP contribution in [0.4, 0.5) is 4.39 Å². The van der Waals surface area contributed by atoms with E-state index in [2.05, 4.69) is 4.72 Å². The molecule has 1 fully saturated rings. The highest BCUT2D eigenvalue weighted by atomic mass is 32.2. The Balaban J connectivity index is 1.25. The van der Waals surface area contributed by atoms with Crippen LogP contribution in [0.3, 0.4) is 0 Å². The number of rotatable bonds is 6. The van der Waals surface area contributed by atoms with Gasteiger partial charge in [0.2, 0.25) is 10.0 Å². The van der Waals surface area contributed by atoms with Gasteiger partial charge in [-0.2, -0.15) is 0 Å². The Morgan fingerprint density at radius 3 is 2.39 bits per heavy atom. The average Bonchev–Trinajstić information content (AvgIpc) is 2.79. The molecule has 0 unspecified atom stereocenters. The first-order chi connectivity index (χ1) is 14.9. The van der Waals surface area contributed by atoms with Crippen molar-refractivity contribution in [3.63, 3.8) is 0 Å². The average molecular weight is 445 g/mol. The zero-order valence-corrected chi connectivity index (χ0v) is 18.5. The van der Waals surface area contributed by atoms with Crippen molar-refractivity contribution in [3.8, 4) is 0 Å². The molecule has 5 nitrogen and oxygen atoms in total. The number of likely N-dealkylation sites (tertiary alicyclic amines) is 1. The lowest BCUT2D eigenvalue weighted by molar-refractivity contribution is 0.0687. The molecular formula is C24H29FN2O3S. The topological polar surface area (TPSA) is 66.5 Å². The number of benzene rings is 2. The Bertz CT molecular complexity index is 1030. The molecule has 1 N–H and O–H groups in total. The van der Waals surface area contributed by atoms with Crippen molar-refractivity contribution in [1.29, 1.82) is 0 Å². The molecule has 1 saturated heterocycles. The minimum atomic E-state index is -3.50.